The molecule has 0 nitrogen and oxygen atoms in total. The van der Waals surface area contributed by atoms with Crippen LogP contribution in [-0.4, -0.2) is 18.7 Å². The van der Waals surface area contributed by atoms with Crippen molar-refractivity contribution in [1.82, 2.24) is 0 Å². The third-order valence-electron chi connectivity index (χ3n) is 1.04. The van der Waals surface area contributed by atoms with Crippen molar-refractivity contribution < 1.29 is 0 Å². The minimum absolute atomic E-state index is 0.133. The molecule has 0 unspecified atom stereocenters. The van der Waals surface area contributed by atoms with Crippen molar-refractivity contribution >= 4 is 54.2 Å². The molecule has 0 N–H and O–H groups in total. The van der Waals surface area contributed by atoms with Gasteiger partial charge in [0.05, 0.1) is 0 Å². The van der Waals surface area contributed by atoms with Crippen LogP contribution < -0.4 is 4.46 Å². The summed E-state index contributed by atoms with van der Waals surface area (Å²) in [7, 11) is 0. The molecule has 0 fully saturated rings. The zero-order valence-electron chi connectivity index (χ0n) is 5.43. The number of alkyl halides is 2. The molecule has 0 aromatic heterocycles. The van der Waals surface area contributed by atoms with E-state index in [1.165, 1.54) is 0 Å². The molecule has 11 heavy (non-hydrogen) atoms. The van der Waals surface area contributed by atoms with E-state index >= 15 is 0 Å². The van der Waals surface area contributed by atoms with Gasteiger partial charge in [-0.15, -0.1) is 0 Å². The molecule has 0 aliphatic rings. The second-order valence-electron chi connectivity index (χ2n) is 1.83. The van der Waals surface area contributed by atoms with Gasteiger partial charge in [0.25, 0.3) is 0 Å². The number of hydrogen-bond donors (Lipinski definition) is 0. The zero-order valence-corrected chi connectivity index (χ0v) is 9.41. The Balaban J connectivity index is 2.66. The quantitative estimate of drug-likeness (QED) is 0.574. The van der Waals surface area contributed by atoms with Crippen molar-refractivity contribution in [2.45, 2.75) is 3.73 Å². The van der Waals surface area contributed by atoms with Crippen LogP contribution in [0.15, 0.2) is 24.3 Å². The van der Waals surface area contributed by atoms with Crippen LogP contribution in [0, 0.1) is 0 Å². The first-order chi connectivity index (χ1) is 5.18. The summed E-state index contributed by atoms with van der Waals surface area (Å²) in [5.74, 6) is 0. The zero-order chi connectivity index (χ0) is 8.27. The topological polar surface area (TPSA) is 0 Å². The van der Waals surface area contributed by atoms with Crippen molar-refractivity contribution in [2.24, 2.45) is 0 Å². The maximum absolute atomic E-state index is 5.69. The summed E-state index contributed by atoms with van der Waals surface area (Å²) in [6.07, 6.45) is 0. The fourth-order valence-corrected chi connectivity index (χ4v) is 2.86. The third kappa shape index (κ3) is 3.68. The molecule has 0 spiro atoms. The summed E-state index contributed by atoms with van der Waals surface area (Å²) < 4.78 is 0.889. The Labute approximate surface area is 87.0 Å². The first-order valence-corrected chi connectivity index (χ1v) is 5.98. The Morgan fingerprint density at radius 1 is 1.09 bits per heavy atom. The average Bonchev–Trinajstić information content (AvgIpc) is 1.93. The van der Waals surface area contributed by atoms with Gasteiger partial charge in [-0.1, -0.05) is 0 Å². The van der Waals surface area contributed by atoms with Gasteiger partial charge in [0.2, 0.25) is 0 Å². The Hall–Kier alpha value is 0.609. The minimum atomic E-state index is -0.274. The second kappa shape index (κ2) is 4.59. The van der Waals surface area contributed by atoms with Gasteiger partial charge in [0, 0.05) is 0 Å². The monoisotopic (exact) mass is 274 g/mol. The van der Waals surface area contributed by atoms with E-state index in [0.29, 0.717) is 0 Å². The molecule has 0 saturated heterocycles. The first kappa shape index (κ1) is 9.70. The van der Waals surface area contributed by atoms with Gasteiger partial charge in [-0.2, -0.15) is 0 Å². The molecule has 0 saturated carbocycles. The summed E-state index contributed by atoms with van der Waals surface area (Å²) in [5, 5.41) is 0.741. The summed E-state index contributed by atoms with van der Waals surface area (Å²) in [6, 6.07) is 7.57. The molecule has 0 atom stereocenters. The van der Waals surface area contributed by atoms with Crippen LogP contribution in [0.25, 0.3) is 0 Å². The van der Waals surface area contributed by atoms with Gasteiger partial charge in [-0.25, -0.2) is 0 Å². The summed E-state index contributed by atoms with van der Waals surface area (Å²) in [6.45, 7) is 0. The molecule has 0 amide bonds. The molecule has 0 bridgehead atoms. The predicted octanol–water partition coefficient (Wildman–Crippen LogP) is 2.43. The molecule has 0 radical (unpaired) electrons. The van der Waals surface area contributed by atoms with Crippen molar-refractivity contribution in [3.8, 4) is 0 Å². The van der Waals surface area contributed by atoms with Gasteiger partial charge in [-0.05, 0) is 0 Å². The van der Waals surface area contributed by atoms with Gasteiger partial charge < -0.3 is 0 Å². The van der Waals surface area contributed by atoms with E-state index in [9.17, 15) is 0 Å². The Morgan fingerprint density at radius 3 is 2.09 bits per heavy atom. The summed E-state index contributed by atoms with van der Waals surface area (Å²) >= 11 is 17.0. The van der Waals surface area contributed by atoms with E-state index in [-0.39, 0.29) is 18.7 Å². The predicted molar refractivity (Wildman–Crippen MR) is 52.3 cm³/mol. The van der Waals surface area contributed by atoms with Crippen LogP contribution in [0.3, 0.4) is 0 Å². The van der Waals surface area contributed by atoms with Gasteiger partial charge >= 0.3 is 87.2 Å². The molecule has 60 valence electrons. The van der Waals surface area contributed by atoms with E-state index in [1.807, 2.05) is 24.3 Å². The number of benzene rings is 1. The Bertz CT molecular complexity index is 220. The summed E-state index contributed by atoms with van der Waals surface area (Å²) in [4.78, 5) is 0. The van der Waals surface area contributed by atoms with Crippen LogP contribution in [0.1, 0.15) is 0 Å². The molecule has 4 heteroatoms. The second-order valence-corrected chi connectivity index (χ2v) is 7.01. The van der Waals surface area contributed by atoms with Crippen molar-refractivity contribution in [3.63, 3.8) is 0 Å². The normalized spacial score (nSPS) is 10.5. The van der Waals surface area contributed by atoms with Crippen LogP contribution in [0.5, 0.6) is 0 Å². The van der Waals surface area contributed by atoms with Crippen LogP contribution in [-0.2, 0) is 0 Å². The number of rotatable bonds is 2. The fraction of sp³-hybridized carbons (Fsp3) is 0.143. The van der Waals surface area contributed by atoms with Crippen LogP contribution in [0.4, 0.5) is 0 Å². The molecular formula is C7H5Cl3Se. The van der Waals surface area contributed by atoms with E-state index in [2.05, 4.69) is 0 Å². The van der Waals surface area contributed by atoms with Crippen LogP contribution >= 0.6 is 34.8 Å². The van der Waals surface area contributed by atoms with E-state index in [4.69, 9.17) is 34.8 Å². The first-order valence-electron chi connectivity index (χ1n) is 2.89. The molecule has 0 heterocycles. The summed E-state index contributed by atoms with van der Waals surface area (Å²) in [5.41, 5.74) is 0. The van der Waals surface area contributed by atoms with Gasteiger partial charge in [-0.3, -0.25) is 0 Å². The SMILES string of the molecule is Clc1ccc([Se]C(Cl)Cl)cc1. The molecule has 0 aliphatic carbocycles. The molecular weight excluding hydrogens is 269 g/mol. The number of hydrogen-bond acceptors (Lipinski definition) is 0. The van der Waals surface area contributed by atoms with E-state index in [1.54, 1.807) is 0 Å². The van der Waals surface area contributed by atoms with Crippen molar-refractivity contribution in [2.75, 3.05) is 0 Å². The van der Waals surface area contributed by atoms with Gasteiger partial charge in [0.15, 0.2) is 0 Å². The van der Waals surface area contributed by atoms with Gasteiger partial charge in [0.1, 0.15) is 0 Å². The third-order valence-corrected chi connectivity index (χ3v) is 3.73. The maximum atomic E-state index is 5.69. The molecule has 0 aliphatic heterocycles. The Kier molecular flexibility index (Phi) is 4.05. The van der Waals surface area contributed by atoms with Crippen molar-refractivity contribution in [1.29, 1.82) is 0 Å². The standard InChI is InChI=1S/C7H5Cl3Se/c8-5-1-3-6(4-2-5)11-7(9)10/h1-4,7H. The number of halogens is 3. The molecule has 1 rings (SSSR count). The molecule has 1 aromatic carbocycles. The van der Waals surface area contributed by atoms with E-state index in [0.717, 1.165) is 9.48 Å². The van der Waals surface area contributed by atoms with E-state index < -0.39 is 0 Å². The Morgan fingerprint density at radius 2 is 1.64 bits per heavy atom. The van der Waals surface area contributed by atoms with Crippen molar-refractivity contribution in [3.05, 3.63) is 29.3 Å². The van der Waals surface area contributed by atoms with Crippen LogP contribution in [0.2, 0.25) is 5.02 Å². The fourth-order valence-electron chi connectivity index (χ4n) is 0.616. The molecule has 1 aromatic rings. The average molecular weight is 274 g/mol.